The molecule has 0 atom stereocenters. The number of halogens is 1. The van der Waals surface area contributed by atoms with Crippen LogP contribution in [0.2, 0.25) is 5.02 Å². The third kappa shape index (κ3) is 3.63. The minimum absolute atomic E-state index is 0. The molecule has 23 heavy (non-hydrogen) atoms. The smallest absolute Gasteiger partial charge is 0.543 e. The van der Waals surface area contributed by atoms with Gasteiger partial charge in [-0.3, -0.25) is 4.57 Å². The normalized spacial score (nSPS) is 11.0. The number of carbonyl (C=O) groups excluding carboxylic acids is 1. The summed E-state index contributed by atoms with van der Waals surface area (Å²) in [6.07, 6.45) is 3.87. The molecule has 0 aliphatic rings. The third-order valence-corrected chi connectivity index (χ3v) is 3.62. The maximum absolute atomic E-state index is 10.8. The molecule has 2 aromatic heterocycles. The zero-order valence-corrected chi connectivity index (χ0v) is 15.9. The van der Waals surface area contributed by atoms with Crippen LogP contribution >= 0.6 is 11.6 Å². The van der Waals surface area contributed by atoms with Crippen molar-refractivity contribution in [2.75, 3.05) is 0 Å². The fraction of sp³-hybridized carbons (Fsp3) is 0.250. The number of benzene rings is 1. The van der Waals surface area contributed by atoms with Crippen LogP contribution in [0, 0.1) is 5.92 Å². The number of carbonyl (C=O) groups is 1. The number of oxazole rings is 1. The molecule has 0 unspecified atom stereocenters. The number of fused-ring (bicyclic) bond motifs is 1. The average Bonchev–Trinajstić information content (AvgIpc) is 3.03. The monoisotopic (exact) mass is 340 g/mol. The summed E-state index contributed by atoms with van der Waals surface area (Å²) in [5.74, 6) is -0.884. The van der Waals surface area contributed by atoms with Crippen LogP contribution in [0.1, 0.15) is 29.9 Å². The molecule has 2 heterocycles. The Balaban J connectivity index is 0.00000192. The Kier molecular flexibility index (Phi) is 5.57. The van der Waals surface area contributed by atoms with Crippen LogP contribution in [0.3, 0.4) is 0 Å². The quantitative estimate of drug-likeness (QED) is 0.619. The van der Waals surface area contributed by atoms with Gasteiger partial charge < -0.3 is 14.3 Å². The molecular formula is C16H14ClN2NaO3. The molecule has 5 nitrogen and oxygen atoms in total. The maximum Gasteiger partial charge on any atom is 1.00 e. The second-order valence-corrected chi connectivity index (χ2v) is 6.02. The molecule has 1 aromatic carbocycles. The molecule has 0 fully saturated rings. The van der Waals surface area contributed by atoms with E-state index in [0.717, 1.165) is 29.2 Å². The van der Waals surface area contributed by atoms with Crippen molar-refractivity contribution in [2.24, 2.45) is 5.92 Å². The van der Waals surface area contributed by atoms with E-state index in [1.807, 2.05) is 24.4 Å². The minimum atomic E-state index is -1.37. The second-order valence-electron chi connectivity index (χ2n) is 5.59. The fourth-order valence-electron chi connectivity index (χ4n) is 2.50. The van der Waals surface area contributed by atoms with Crippen molar-refractivity contribution in [3.63, 3.8) is 0 Å². The first-order chi connectivity index (χ1) is 10.5. The van der Waals surface area contributed by atoms with E-state index in [1.165, 1.54) is 0 Å². The summed E-state index contributed by atoms with van der Waals surface area (Å²) >= 11 is 6.08. The summed E-state index contributed by atoms with van der Waals surface area (Å²) in [6.45, 7) is 4.27. The number of carboxylic acids is 1. The van der Waals surface area contributed by atoms with Crippen LogP contribution in [0.4, 0.5) is 0 Å². The first-order valence-electron chi connectivity index (χ1n) is 6.92. The molecule has 3 aromatic rings. The Labute approximate surface area is 160 Å². The molecule has 114 valence electrons. The van der Waals surface area contributed by atoms with Gasteiger partial charge in [0.15, 0.2) is 0 Å². The number of hydrogen-bond acceptors (Lipinski definition) is 4. The van der Waals surface area contributed by atoms with E-state index < -0.39 is 5.97 Å². The first-order valence-corrected chi connectivity index (χ1v) is 7.30. The molecule has 0 N–H and O–H groups in total. The first kappa shape index (κ1) is 18.1. The zero-order chi connectivity index (χ0) is 15.9. The van der Waals surface area contributed by atoms with Crippen LogP contribution < -0.4 is 34.7 Å². The summed E-state index contributed by atoms with van der Waals surface area (Å²) in [7, 11) is 0. The van der Waals surface area contributed by atoms with E-state index in [1.54, 1.807) is 4.57 Å². The molecular weight excluding hydrogens is 327 g/mol. The summed E-state index contributed by atoms with van der Waals surface area (Å²) in [5, 5.41) is 12.5. The van der Waals surface area contributed by atoms with Gasteiger partial charge in [-0.15, -0.1) is 0 Å². The van der Waals surface area contributed by atoms with Crippen molar-refractivity contribution < 1.29 is 43.9 Å². The molecule has 0 aliphatic heterocycles. The van der Waals surface area contributed by atoms with E-state index in [4.69, 9.17) is 16.0 Å². The second kappa shape index (κ2) is 7.09. The van der Waals surface area contributed by atoms with Crippen LogP contribution in [0.15, 0.2) is 35.1 Å². The summed E-state index contributed by atoms with van der Waals surface area (Å²) in [6, 6.07) is 5.78. The van der Waals surface area contributed by atoms with Crippen LogP contribution in [0.5, 0.6) is 0 Å². The van der Waals surface area contributed by atoms with Crippen molar-refractivity contribution >= 4 is 28.5 Å². The standard InChI is InChI=1S/C16H15ClN2O3.Na/c1-9(2)5-10-7-19(14-6-11(17)3-4-12(10)14)16-18-13(8-22-16)15(20)21;/h3-4,6-9H,5H2,1-2H3,(H,20,21);/q;+1/p-1. The van der Waals surface area contributed by atoms with E-state index in [0.29, 0.717) is 10.9 Å². The van der Waals surface area contributed by atoms with Crippen LogP contribution in [-0.4, -0.2) is 15.5 Å². The van der Waals surface area contributed by atoms with Crippen molar-refractivity contribution in [2.45, 2.75) is 20.3 Å². The molecule has 0 aliphatic carbocycles. The SMILES string of the molecule is CC(C)Cc1cn(-c2nc(C(=O)[O-])co2)c2cc(Cl)ccc12.[Na+]. The van der Waals surface area contributed by atoms with Crippen molar-refractivity contribution in [1.29, 1.82) is 0 Å². The number of aromatic nitrogens is 2. The van der Waals surface area contributed by atoms with E-state index >= 15 is 0 Å². The van der Waals surface area contributed by atoms with Gasteiger partial charge in [0.25, 0.3) is 0 Å². The van der Waals surface area contributed by atoms with Gasteiger partial charge in [0.05, 0.1) is 11.5 Å². The summed E-state index contributed by atoms with van der Waals surface area (Å²) < 4.78 is 6.98. The molecule has 0 amide bonds. The van der Waals surface area contributed by atoms with E-state index in [-0.39, 0.29) is 41.3 Å². The van der Waals surface area contributed by atoms with Gasteiger partial charge in [0.2, 0.25) is 0 Å². The number of aromatic carboxylic acids is 1. The van der Waals surface area contributed by atoms with Gasteiger partial charge in [-0.25, -0.2) is 0 Å². The third-order valence-electron chi connectivity index (χ3n) is 3.39. The predicted molar refractivity (Wildman–Crippen MR) is 81.2 cm³/mol. The Morgan fingerprint density at radius 1 is 1.43 bits per heavy atom. The largest absolute Gasteiger partial charge is 1.00 e. The van der Waals surface area contributed by atoms with Gasteiger partial charge in [0, 0.05) is 16.6 Å². The molecule has 0 spiro atoms. The number of carboxylic acid groups (broad SMARTS) is 1. The molecule has 0 radical (unpaired) electrons. The summed E-state index contributed by atoms with van der Waals surface area (Å²) in [4.78, 5) is 14.8. The number of rotatable bonds is 4. The van der Waals surface area contributed by atoms with E-state index in [2.05, 4.69) is 18.8 Å². The Morgan fingerprint density at radius 3 is 2.78 bits per heavy atom. The number of hydrogen-bond donors (Lipinski definition) is 0. The molecule has 0 saturated heterocycles. The van der Waals surface area contributed by atoms with Gasteiger partial charge in [-0.05, 0) is 30.0 Å². The summed E-state index contributed by atoms with van der Waals surface area (Å²) in [5.41, 5.74) is 1.73. The van der Waals surface area contributed by atoms with Crippen LogP contribution in [0.25, 0.3) is 16.9 Å². The predicted octanol–water partition coefficient (Wildman–Crippen LogP) is -0.162. The zero-order valence-electron chi connectivity index (χ0n) is 13.2. The maximum atomic E-state index is 10.8. The van der Waals surface area contributed by atoms with Crippen LogP contribution in [-0.2, 0) is 6.42 Å². The Morgan fingerprint density at radius 2 is 2.17 bits per heavy atom. The molecule has 3 rings (SSSR count). The van der Waals surface area contributed by atoms with Gasteiger partial charge in [-0.2, -0.15) is 4.98 Å². The molecule has 0 bridgehead atoms. The fourth-order valence-corrected chi connectivity index (χ4v) is 2.67. The Hall–Kier alpha value is -1.27. The van der Waals surface area contributed by atoms with Gasteiger partial charge in [0.1, 0.15) is 12.0 Å². The van der Waals surface area contributed by atoms with Gasteiger partial charge in [-0.1, -0.05) is 31.5 Å². The number of nitrogens with zero attached hydrogens (tertiary/aromatic N) is 2. The van der Waals surface area contributed by atoms with Crippen molar-refractivity contribution in [3.8, 4) is 6.01 Å². The minimum Gasteiger partial charge on any atom is -0.543 e. The molecule has 0 saturated carbocycles. The van der Waals surface area contributed by atoms with E-state index in [9.17, 15) is 9.90 Å². The average molecular weight is 341 g/mol. The molecule has 7 heteroatoms. The van der Waals surface area contributed by atoms with Crippen molar-refractivity contribution in [3.05, 3.63) is 46.9 Å². The Bertz CT molecular complexity index is 854. The topological polar surface area (TPSA) is 71.1 Å². The van der Waals surface area contributed by atoms with Crippen molar-refractivity contribution in [1.82, 2.24) is 9.55 Å². The van der Waals surface area contributed by atoms with Gasteiger partial charge >= 0.3 is 35.6 Å².